The van der Waals surface area contributed by atoms with Crippen molar-refractivity contribution in [3.63, 3.8) is 0 Å². The third kappa shape index (κ3) is 4.89. The zero-order chi connectivity index (χ0) is 31.0. The highest BCUT2D eigenvalue weighted by molar-refractivity contribution is 5.33. The van der Waals surface area contributed by atoms with Crippen LogP contribution in [0.1, 0.15) is 100 Å². The molecule has 0 spiro atoms. The van der Waals surface area contributed by atoms with Crippen LogP contribution in [-0.2, 0) is 9.47 Å². The second-order valence-corrected chi connectivity index (χ2v) is 16.3. The molecule has 0 aromatic heterocycles. The van der Waals surface area contributed by atoms with E-state index in [0.717, 1.165) is 44.9 Å². The average Bonchev–Trinajstić information content (AvgIpc) is 3.10. The number of aliphatic hydroxyl groups excluding tert-OH is 5. The predicted octanol–water partition coefficient (Wildman–Crippen LogP) is 4.74. The van der Waals surface area contributed by atoms with Crippen LogP contribution < -0.4 is 0 Å². The first-order valence-electron chi connectivity index (χ1n) is 16.5. The van der Waals surface area contributed by atoms with Gasteiger partial charge in [-0.15, -0.1) is 0 Å². The molecule has 5 N–H and O–H groups in total. The third-order valence-electron chi connectivity index (χ3n) is 13.3. The van der Waals surface area contributed by atoms with Gasteiger partial charge in [-0.3, -0.25) is 0 Å². The summed E-state index contributed by atoms with van der Waals surface area (Å²) in [5.74, 6) is 0.960. The third-order valence-corrected chi connectivity index (χ3v) is 13.3. The van der Waals surface area contributed by atoms with Gasteiger partial charge in [0.25, 0.3) is 0 Å². The number of rotatable bonds is 6. The molecule has 0 radical (unpaired) electrons. The van der Waals surface area contributed by atoms with Crippen LogP contribution in [0.3, 0.4) is 0 Å². The monoisotopic (exact) mass is 590 g/mol. The Morgan fingerprint density at radius 1 is 0.976 bits per heavy atom. The van der Waals surface area contributed by atoms with Crippen molar-refractivity contribution in [2.75, 3.05) is 6.61 Å². The van der Waals surface area contributed by atoms with E-state index in [1.807, 2.05) is 0 Å². The van der Waals surface area contributed by atoms with Crippen molar-refractivity contribution >= 4 is 0 Å². The van der Waals surface area contributed by atoms with E-state index in [4.69, 9.17) is 9.47 Å². The number of allylic oxidation sites excluding steroid dienone is 2. The minimum absolute atomic E-state index is 0.0514. The van der Waals surface area contributed by atoms with E-state index in [1.54, 1.807) is 0 Å². The van der Waals surface area contributed by atoms with E-state index in [2.05, 4.69) is 67.5 Å². The molecule has 5 rings (SSSR count). The zero-order valence-electron chi connectivity index (χ0n) is 27.2. The lowest BCUT2D eigenvalue weighted by Crippen LogP contribution is -2.63. The molecule has 1 saturated heterocycles. The summed E-state index contributed by atoms with van der Waals surface area (Å²) in [7, 11) is 0. The first-order valence-corrected chi connectivity index (χ1v) is 16.5. The van der Waals surface area contributed by atoms with Crippen LogP contribution in [0.5, 0.6) is 0 Å². The number of aliphatic hydroxyl groups is 5. The fraction of sp³-hybridized carbons (Fsp3) is 0.886. The maximum absolute atomic E-state index is 12.1. The maximum atomic E-state index is 12.1. The lowest BCUT2D eigenvalue weighted by molar-refractivity contribution is -0.294. The van der Waals surface area contributed by atoms with Crippen molar-refractivity contribution in [1.82, 2.24) is 0 Å². The van der Waals surface area contributed by atoms with Gasteiger partial charge in [0.2, 0.25) is 0 Å². The summed E-state index contributed by atoms with van der Waals surface area (Å²) in [6.07, 6.45) is 4.98. The molecule has 7 heteroatoms. The highest BCUT2D eigenvalue weighted by atomic mass is 16.7. The number of hydrogen-bond acceptors (Lipinski definition) is 7. The van der Waals surface area contributed by atoms with Crippen LogP contribution in [0.2, 0.25) is 0 Å². The Labute approximate surface area is 253 Å². The van der Waals surface area contributed by atoms with Crippen molar-refractivity contribution in [2.24, 2.45) is 45.3 Å². The Morgan fingerprint density at radius 2 is 1.67 bits per heavy atom. The van der Waals surface area contributed by atoms with Gasteiger partial charge in [-0.2, -0.15) is 0 Å². The molecule has 4 aliphatic carbocycles. The van der Waals surface area contributed by atoms with Crippen molar-refractivity contribution in [3.05, 3.63) is 23.3 Å². The van der Waals surface area contributed by atoms with E-state index in [0.29, 0.717) is 5.92 Å². The minimum Gasteiger partial charge on any atom is -0.393 e. The van der Waals surface area contributed by atoms with Gasteiger partial charge in [-0.25, -0.2) is 0 Å². The summed E-state index contributed by atoms with van der Waals surface area (Å²) in [6, 6.07) is 0. The predicted molar refractivity (Wildman–Crippen MR) is 162 cm³/mol. The first kappa shape index (κ1) is 32.6. The molecule has 7 nitrogen and oxygen atoms in total. The second-order valence-electron chi connectivity index (χ2n) is 16.3. The molecule has 3 saturated carbocycles. The lowest BCUT2D eigenvalue weighted by atomic mass is 9.38. The van der Waals surface area contributed by atoms with E-state index in [-0.39, 0.29) is 52.8 Å². The number of fused-ring (bicyclic) bond motifs is 5. The van der Waals surface area contributed by atoms with Gasteiger partial charge in [0.1, 0.15) is 18.3 Å². The Hall–Kier alpha value is -0.800. The van der Waals surface area contributed by atoms with Crippen LogP contribution in [0.25, 0.3) is 0 Å². The maximum Gasteiger partial charge on any atom is 0.186 e. The van der Waals surface area contributed by atoms with Crippen molar-refractivity contribution in [2.45, 2.75) is 143 Å². The Morgan fingerprint density at radius 3 is 2.33 bits per heavy atom. The number of hydrogen-bond donors (Lipinski definition) is 5. The summed E-state index contributed by atoms with van der Waals surface area (Å²) in [6.45, 7) is 18.0. The largest absolute Gasteiger partial charge is 0.393 e. The fourth-order valence-corrected chi connectivity index (χ4v) is 11.0. The van der Waals surface area contributed by atoms with Crippen LogP contribution in [0.15, 0.2) is 23.3 Å². The Bertz CT molecular complexity index is 1070. The smallest absolute Gasteiger partial charge is 0.186 e. The van der Waals surface area contributed by atoms with Crippen molar-refractivity contribution in [1.29, 1.82) is 0 Å². The van der Waals surface area contributed by atoms with Gasteiger partial charge in [0.05, 0.1) is 24.9 Å². The molecule has 0 unspecified atom stereocenters. The molecule has 0 aromatic rings. The van der Waals surface area contributed by atoms with Gasteiger partial charge in [0.15, 0.2) is 6.29 Å². The molecule has 0 amide bonds. The van der Waals surface area contributed by atoms with Crippen LogP contribution >= 0.6 is 0 Å². The van der Waals surface area contributed by atoms with Gasteiger partial charge in [-0.05, 0) is 92.8 Å². The molecule has 0 aromatic carbocycles. The summed E-state index contributed by atoms with van der Waals surface area (Å²) in [4.78, 5) is 0. The van der Waals surface area contributed by atoms with Gasteiger partial charge >= 0.3 is 0 Å². The Balaban J connectivity index is 1.42. The Kier molecular flexibility index (Phi) is 8.71. The van der Waals surface area contributed by atoms with Gasteiger partial charge in [-0.1, -0.05) is 64.8 Å². The molecule has 0 bridgehead atoms. The summed E-state index contributed by atoms with van der Waals surface area (Å²) in [5, 5.41) is 54.3. The zero-order valence-corrected chi connectivity index (χ0v) is 27.2. The van der Waals surface area contributed by atoms with Crippen LogP contribution in [-0.4, -0.2) is 75.1 Å². The molecule has 1 aliphatic heterocycles. The molecule has 42 heavy (non-hydrogen) atoms. The fourth-order valence-electron chi connectivity index (χ4n) is 11.0. The highest BCUT2D eigenvalue weighted by Crippen LogP contribution is 2.75. The van der Waals surface area contributed by atoms with Crippen molar-refractivity contribution in [3.8, 4) is 0 Å². The summed E-state index contributed by atoms with van der Waals surface area (Å²) < 4.78 is 11.9. The van der Waals surface area contributed by atoms with Gasteiger partial charge < -0.3 is 35.0 Å². The molecule has 5 aliphatic rings. The van der Waals surface area contributed by atoms with Crippen LogP contribution in [0.4, 0.5) is 0 Å². The molecule has 1 heterocycles. The summed E-state index contributed by atoms with van der Waals surface area (Å²) >= 11 is 0. The molecular formula is C35H58O7. The van der Waals surface area contributed by atoms with Crippen molar-refractivity contribution < 1.29 is 35.0 Å². The van der Waals surface area contributed by atoms with Gasteiger partial charge in [0, 0.05) is 11.3 Å². The second kappa shape index (κ2) is 11.2. The topological polar surface area (TPSA) is 120 Å². The molecule has 4 fully saturated rings. The van der Waals surface area contributed by atoms with E-state index >= 15 is 0 Å². The normalized spacial score (nSPS) is 50.6. The number of ether oxygens (including phenoxy) is 2. The molecular weight excluding hydrogens is 532 g/mol. The minimum atomic E-state index is -1.32. The van der Waals surface area contributed by atoms with E-state index in [9.17, 15) is 25.5 Å². The van der Waals surface area contributed by atoms with E-state index in [1.165, 1.54) is 11.1 Å². The first-order chi connectivity index (χ1) is 19.5. The SMILES string of the molecule is CC(C)=CCC[C@@H](C)[C@H]1[C@@H](O)C[C@@]2(C)[C@@H]3[C@@H](O)C=C4[C@@H](CC[C@H](O[C@@H]5OC[C@@H](O)[C@H](O)[C@H]5O)C4(C)C)[C@]3(C)CC[C@]12C. The average molecular weight is 591 g/mol. The highest BCUT2D eigenvalue weighted by Gasteiger charge is 2.71. The summed E-state index contributed by atoms with van der Waals surface area (Å²) in [5.41, 5.74) is 1.79. The standard InChI is InChI=1S/C35H58O7/c1-19(2)10-9-11-20(3)27-24(37)17-35(8)30-23(36)16-22-21(33(30,6)14-15-34(27,35)7)12-13-26(32(22,4)5)42-31-29(40)28(39)25(38)18-41-31/h10,16,20-21,23-31,36-40H,9,11-15,17-18H2,1-8H3/t20-,21-,23+,24+,25-,26+,27+,28+,29-,30-,31+,33+,34-,35+/m1/s1. The molecule has 240 valence electrons. The van der Waals surface area contributed by atoms with Crippen LogP contribution in [0, 0.1) is 45.3 Å². The quantitative estimate of drug-likeness (QED) is 0.284. The van der Waals surface area contributed by atoms with E-state index < -0.39 is 36.1 Å². The lowest BCUT2D eigenvalue weighted by Gasteiger charge is -2.67. The molecule has 14 atom stereocenters.